The molecule has 0 heterocycles. The SMILES string of the molecule is CCNC(=O)C(CC)N(Cc1ccccc1C)C(=O)CSCc1ccc(Br)cc1. The highest BCUT2D eigenvalue weighted by atomic mass is 79.9. The fourth-order valence-corrected chi connectivity index (χ4v) is 4.24. The van der Waals surface area contributed by atoms with E-state index in [9.17, 15) is 9.59 Å². The van der Waals surface area contributed by atoms with Crippen LogP contribution >= 0.6 is 27.7 Å². The molecule has 4 nitrogen and oxygen atoms in total. The van der Waals surface area contributed by atoms with Crippen LogP contribution in [0.15, 0.2) is 53.0 Å². The van der Waals surface area contributed by atoms with Gasteiger partial charge in [-0.25, -0.2) is 0 Å². The second-order valence-corrected chi connectivity index (χ2v) is 8.79. The Hall–Kier alpha value is -1.79. The van der Waals surface area contributed by atoms with Gasteiger partial charge < -0.3 is 10.2 Å². The van der Waals surface area contributed by atoms with Crippen molar-refractivity contribution in [3.63, 3.8) is 0 Å². The Morgan fingerprint density at radius 1 is 1.10 bits per heavy atom. The van der Waals surface area contributed by atoms with E-state index in [0.29, 0.717) is 25.3 Å². The zero-order chi connectivity index (χ0) is 21.2. The lowest BCUT2D eigenvalue weighted by atomic mass is 10.1. The smallest absolute Gasteiger partial charge is 0.242 e. The highest BCUT2D eigenvalue weighted by Gasteiger charge is 2.28. The van der Waals surface area contributed by atoms with Gasteiger partial charge in [-0.3, -0.25) is 9.59 Å². The van der Waals surface area contributed by atoms with E-state index in [0.717, 1.165) is 21.4 Å². The Balaban J connectivity index is 2.11. The molecule has 2 amide bonds. The number of nitrogens with zero attached hydrogens (tertiary/aromatic N) is 1. The largest absolute Gasteiger partial charge is 0.355 e. The van der Waals surface area contributed by atoms with Gasteiger partial charge in [0.25, 0.3) is 0 Å². The summed E-state index contributed by atoms with van der Waals surface area (Å²) in [5.74, 6) is 1.01. The van der Waals surface area contributed by atoms with Crippen molar-refractivity contribution in [3.8, 4) is 0 Å². The first-order valence-corrected chi connectivity index (χ1v) is 11.8. The normalized spacial score (nSPS) is 11.7. The molecule has 2 aromatic rings. The average Bonchev–Trinajstić information content (AvgIpc) is 2.71. The van der Waals surface area contributed by atoms with Gasteiger partial charge in [0, 0.05) is 23.3 Å². The molecule has 29 heavy (non-hydrogen) atoms. The predicted molar refractivity (Wildman–Crippen MR) is 125 cm³/mol. The van der Waals surface area contributed by atoms with E-state index >= 15 is 0 Å². The Labute approximate surface area is 186 Å². The second kappa shape index (κ2) is 12.0. The van der Waals surface area contributed by atoms with Gasteiger partial charge in [-0.1, -0.05) is 59.3 Å². The summed E-state index contributed by atoms with van der Waals surface area (Å²) in [6, 6.07) is 15.7. The van der Waals surface area contributed by atoms with Crippen molar-refractivity contribution in [1.29, 1.82) is 0 Å². The third kappa shape index (κ3) is 7.19. The van der Waals surface area contributed by atoms with Gasteiger partial charge >= 0.3 is 0 Å². The zero-order valence-electron chi connectivity index (χ0n) is 17.3. The number of aryl methyl sites for hydroxylation is 1. The van der Waals surface area contributed by atoms with E-state index in [1.807, 2.05) is 57.2 Å². The number of carbonyl (C=O) groups excluding carboxylic acids is 2. The highest BCUT2D eigenvalue weighted by Crippen LogP contribution is 2.19. The van der Waals surface area contributed by atoms with E-state index < -0.39 is 6.04 Å². The molecule has 1 atom stereocenters. The number of rotatable bonds is 10. The Morgan fingerprint density at radius 2 is 1.79 bits per heavy atom. The first-order valence-electron chi connectivity index (χ1n) is 9.90. The molecule has 0 radical (unpaired) electrons. The van der Waals surface area contributed by atoms with Crippen molar-refractivity contribution < 1.29 is 9.59 Å². The molecular formula is C23H29BrN2O2S. The maximum absolute atomic E-state index is 13.1. The van der Waals surface area contributed by atoms with Crippen LogP contribution in [0.4, 0.5) is 0 Å². The van der Waals surface area contributed by atoms with Gasteiger partial charge in [0.05, 0.1) is 5.75 Å². The number of thioether (sulfide) groups is 1. The molecule has 6 heteroatoms. The van der Waals surface area contributed by atoms with Crippen molar-refractivity contribution in [2.24, 2.45) is 0 Å². The number of hydrogen-bond acceptors (Lipinski definition) is 3. The van der Waals surface area contributed by atoms with Crippen LogP contribution in [0.2, 0.25) is 0 Å². The molecule has 2 aromatic carbocycles. The van der Waals surface area contributed by atoms with Crippen LogP contribution in [-0.4, -0.2) is 35.1 Å². The highest BCUT2D eigenvalue weighted by molar-refractivity contribution is 9.10. The molecule has 0 fully saturated rings. The summed E-state index contributed by atoms with van der Waals surface area (Å²) in [5.41, 5.74) is 3.37. The molecule has 0 aromatic heterocycles. The van der Waals surface area contributed by atoms with Crippen molar-refractivity contribution in [2.45, 2.75) is 45.5 Å². The van der Waals surface area contributed by atoms with Crippen molar-refractivity contribution >= 4 is 39.5 Å². The van der Waals surface area contributed by atoms with Crippen LogP contribution in [-0.2, 0) is 21.9 Å². The van der Waals surface area contributed by atoms with Crippen LogP contribution in [0.3, 0.4) is 0 Å². The molecule has 0 aliphatic rings. The summed E-state index contributed by atoms with van der Waals surface area (Å²) < 4.78 is 1.04. The molecule has 0 aliphatic heterocycles. The van der Waals surface area contributed by atoms with E-state index in [1.54, 1.807) is 16.7 Å². The number of halogens is 1. The standard InChI is InChI=1S/C23H29BrN2O2S/c1-4-21(23(28)25-5-2)26(14-19-9-7-6-8-17(19)3)22(27)16-29-15-18-10-12-20(24)13-11-18/h6-13,21H,4-5,14-16H2,1-3H3,(H,25,28). The van der Waals surface area contributed by atoms with Gasteiger partial charge in [0.1, 0.15) is 6.04 Å². The number of carbonyl (C=O) groups is 2. The van der Waals surface area contributed by atoms with E-state index in [4.69, 9.17) is 0 Å². The first kappa shape index (κ1) is 23.5. The number of amides is 2. The van der Waals surface area contributed by atoms with E-state index in [-0.39, 0.29) is 11.8 Å². The maximum atomic E-state index is 13.1. The Morgan fingerprint density at radius 3 is 2.41 bits per heavy atom. The molecule has 0 bridgehead atoms. The third-order valence-corrected chi connectivity index (χ3v) is 6.26. The first-order chi connectivity index (χ1) is 14.0. The summed E-state index contributed by atoms with van der Waals surface area (Å²) in [6.45, 7) is 6.88. The monoisotopic (exact) mass is 476 g/mol. The Kier molecular flexibility index (Phi) is 9.74. The van der Waals surface area contributed by atoms with Gasteiger partial charge in [0.2, 0.25) is 11.8 Å². The number of hydrogen-bond donors (Lipinski definition) is 1. The summed E-state index contributed by atoms with van der Waals surface area (Å²) in [7, 11) is 0. The molecule has 2 rings (SSSR count). The van der Waals surface area contributed by atoms with Crippen LogP contribution in [0, 0.1) is 6.92 Å². The maximum Gasteiger partial charge on any atom is 0.242 e. The number of likely N-dealkylation sites (N-methyl/N-ethyl adjacent to an activating group) is 1. The number of benzene rings is 2. The summed E-state index contributed by atoms with van der Waals surface area (Å²) >= 11 is 5.02. The summed E-state index contributed by atoms with van der Waals surface area (Å²) in [5, 5.41) is 2.88. The van der Waals surface area contributed by atoms with Crippen molar-refractivity contribution in [1.82, 2.24) is 10.2 Å². The molecule has 0 saturated carbocycles. The number of nitrogens with one attached hydrogen (secondary N) is 1. The Bertz CT molecular complexity index is 811. The minimum absolute atomic E-state index is 0.00605. The van der Waals surface area contributed by atoms with Gasteiger partial charge in [-0.15, -0.1) is 11.8 Å². The molecule has 1 unspecified atom stereocenters. The predicted octanol–water partition coefficient (Wildman–Crippen LogP) is 4.93. The molecule has 156 valence electrons. The van der Waals surface area contributed by atoms with Gasteiger partial charge in [-0.05, 0) is 49.1 Å². The van der Waals surface area contributed by atoms with Crippen LogP contribution < -0.4 is 5.32 Å². The molecule has 1 N–H and O–H groups in total. The zero-order valence-corrected chi connectivity index (χ0v) is 19.7. The quantitative estimate of drug-likeness (QED) is 0.528. The fourth-order valence-electron chi connectivity index (χ4n) is 3.10. The average molecular weight is 477 g/mol. The fraction of sp³-hybridized carbons (Fsp3) is 0.391. The minimum atomic E-state index is -0.463. The van der Waals surface area contributed by atoms with Gasteiger partial charge in [-0.2, -0.15) is 0 Å². The van der Waals surface area contributed by atoms with E-state index in [2.05, 4.69) is 33.4 Å². The molecular weight excluding hydrogens is 448 g/mol. The van der Waals surface area contributed by atoms with Crippen molar-refractivity contribution in [2.75, 3.05) is 12.3 Å². The topological polar surface area (TPSA) is 49.4 Å². The van der Waals surface area contributed by atoms with Crippen LogP contribution in [0.25, 0.3) is 0 Å². The molecule has 0 spiro atoms. The van der Waals surface area contributed by atoms with Crippen molar-refractivity contribution in [3.05, 3.63) is 69.7 Å². The lowest BCUT2D eigenvalue weighted by Gasteiger charge is -2.31. The van der Waals surface area contributed by atoms with E-state index in [1.165, 1.54) is 5.56 Å². The summed E-state index contributed by atoms with van der Waals surface area (Å²) in [6.07, 6.45) is 0.584. The lowest BCUT2D eigenvalue weighted by Crippen LogP contribution is -2.49. The van der Waals surface area contributed by atoms with Crippen LogP contribution in [0.1, 0.15) is 37.0 Å². The lowest BCUT2D eigenvalue weighted by molar-refractivity contribution is -0.139. The third-order valence-electron chi connectivity index (χ3n) is 4.75. The minimum Gasteiger partial charge on any atom is -0.355 e. The molecule has 0 saturated heterocycles. The second-order valence-electron chi connectivity index (χ2n) is 6.89. The summed E-state index contributed by atoms with van der Waals surface area (Å²) in [4.78, 5) is 27.5. The van der Waals surface area contributed by atoms with Gasteiger partial charge in [0.15, 0.2) is 0 Å². The molecule has 0 aliphatic carbocycles. The van der Waals surface area contributed by atoms with Crippen LogP contribution in [0.5, 0.6) is 0 Å².